The van der Waals surface area contributed by atoms with Crippen molar-refractivity contribution in [1.29, 1.82) is 0 Å². The first-order valence-electron chi connectivity index (χ1n) is 6.96. The summed E-state index contributed by atoms with van der Waals surface area (Å²) in [5.41, 5.74) is 5.82. The highest BCUT2D eigenvalue weighted by Crippen LogP contribution is 2.16. The minimum atomic E-state index is -1.23. The molecule has 1 heterocycles. The number of hydrogen-bond acceptors (Lipinski definition) is 2. The topological polar surface area (TPSA) is 46.3 Å². The number of hydrogen-bond donors (Lipinski definition) is 1. The lowest BCUT2D eigenvalue weighted by Gasteiger charge is -2.27. The van der Waals surface area contributed by atoms with Crippen LogP contribution in [0.2, 0.25) is 0 Å². The van der Waals surface area contributed by atoms with Gasteiger partial charge in [0.05, 0.1) is 0 Å². The van der Waals surface area contributed by atoms with Gasteiger partial charge in [0, 0.05) is 31.6 Å². The van der Waals surface area contributed by atoms with Crippen molar-refractivity contribution in [3.8, 4) is 0 Å². The second kappa shape index (κ2) is 6.93. The van der Waals surface area contributed by atoms with E-state index in [4.69, 9.17) is 5.73 Å². The van der Waals surface area contributed by atoms with Crippen LogP contribution >= 0.6 is 0 Å². The third-order valence-electron chi connectivity index (χ3n) is 3.57. The number of carbonyl (C=O) groups is 1. The average molecular weight is 299 g/mol. The van der Waals surface area contributed by atoms with Gasteiger partial charge in [-0.2, -0.15) is 0 Å². The highest BCUT2D eigenvalue weighted by Gasteiger charge is 2.20. The van der Waals surface area contributed by atoms with E-state index in [1.807, 2.05) is 0 Å². The Bertz CT molecular complexity index is 516. The van der Waals surface area contributed by atoms with E-state index >= 15 is 0 Å². The summed E-state index contributed by atoms with van der Waals surface area (Å²) in [4.78, 5) is 13.7. The Kier molecular flexibility index (Phi) is 5.22. The van der Waals surface area contributed by atoms with E-state index < -0.39 is 23.5 Å². The quantitative estimate of drug-likeness (QED) is 0.866. The molecule has 0 aromatic heterocycles. The zero-order chi connectivity index (χ0) is 15.4. The van der Waals surface area contributed by atoms with Gasteiger partial charge in [-0.25, -0.2) is 13.2 Å². The van der Waals surface area contributed by atoms with Crippen LogP contribution in [0.3, 0.4) is 0 Å². The van der Waals surface area contributed by atoms with Gasteiger partial charge in [-0.15, -0.1) is 0 Å². The van der Waals surface area contributed by atoms with Gasteiger partial charge in [0.2, 0.25) is 5.91 Å². The molecule has 2 rings (SSSR count). The van der Waals surface area contributed by atoms with Crippen LogP contribution in [0.15, 0.2) is 12.1 Å². The van der Waals surface area contributed by atoms with Crippen LogP contribution in [0.1, 0.15) is 24.8 Å². The van der Waals surface area contributed by atoms with Crippen LogP contribution in [0, 0.1) is 23.9 Å². The lowest BCUT2D eigenvalue weighted by molar-refractivity contribution is -0.132. The minimum Gasteiger partial charge on any atom is -0.343 e. The van der Waals surface area contributed by atoms with E-state index in [2.05, 4.69) is 6.42 Å². The molecule has 1 radical (unpaired) electrons. The normalized spacial score (nSPS) is 16.9. The van der Waals surface area contributed by atoms with E-state index in [1.54, 1.807) is 4.90 Å². The Morgan fingerprint density at radius 1 is 1.14 bits per heavy atom. The number of piperidine rings is 1. The summed E-state index contributed by atoms with van der Waals surface area (Å²) in [6.07, 6.45) is 3.91. The number of nitrogens with zero attached hydrogens (tertiary/aromatic N) is 1. The standard InChI is InChI=1S/C15H18F3N2O/c16-12-9-14(18)13(17)7-10(12)6-11(19)8-15(21)20-4-2-1-3-5-20/h1,7,9,11H,2-6,8,19H2/t11-/m1/s1. The Morgan fingerprint density at radius 2 is 1.76 bits per heavy atom. The third kappa shape index (κ3) is 4.20. The third-order valence-corrected chi connectivity index (χ3v) is 3.57. The van der Waals surface area contributed by atoms with Crippen molar-refractivity contribution < 1.29 is 18.0 Å². The van der Waals surface area contributed by atoms with Crippen molar-refractivity contribution in [2.75, 3.05) is 13.1 Å². The molecule has 1 amide bonds. The van der Waals surface area contributed by atoms with Crippen molar-refractivity contribution in [2.45, 2.75) is 31.7 Å². The fourth-order valence-electron chi connectivity index (χ4n) is 2.43. The molecule has 1 saturated heterocycles. The summed E-state index contributed by atoms with van der Waals surface area (Å²) in [7, 11) is 0. The molecule has 115 valence electrons. The molecule has 0 unspecified atom stereocenters. The molecular formula is C15H18F3N2O. The van der Waals surface area contributed by atoms with E-state index in [9.17, 15) is 18.0 Å². The molecule has 1 fully saturated rings. The van der Waals surface area contributed by atoms with Gasteiger partial charge in [-0.3, -0.25) is 4.79 Å². The van der Waals surface area contributed by atoms with E-state index in [0.717, 1.165) is 18.9 Å². The first kappa shape index (κ1) is 15.8. The maximum Gasteiger partial charge on any atom is 0.224 e. The van der Waals surface area contributed by atoms with Crippen molar-refractivity contribution in [3.05, 3.63) is 41.6 Å². The molecule has 21 heavy (non-hydrogen) atoms. The number of likely N-dealkylation sites (tertiary alicyclic amines) is 1. The molecule has 0 spiro atoms. The molecule has 1 aliphatic heterocycles. The zero-order valence-corrected chi connectivity index (χ0v) is 11.6. The number of benzene rings is 1. The lowest BCUT2D eigenvalue weighted by Crippen LogP contribution is -2.39. The molecule has 1 aromatic carbocycles. The monoisotopic (exact) mass is 299 g/mol. The van der Waals surface area contributed by atoms with Crippen LogP contribution in [-0.4, -0.2) is 29.9 Å². The maximum atomic E-state index is 13.5. The number of nitrogens with two attached hydrogens (primary N) is 1. The van der Waals surface area contributed by atoms with Gasteiger partial charge in [0.1, 0.15) is 5.82 Å². The van der Waals surface area contributed by atoms with Crippen LogP contribution < -0.4 is 5.73 Å². The second-order valence-corrected chi connectivity index (χ2v) is 5.27. The number of halogens is 3. The molecule has 0 bridgehead atoms. The highest BCUT2D eigenvalue weighted by atomic mass is 19.2. The minimum absolute atomic E-state index is 0.00522. The maximum absolute atomic E-state index is 13.5. The fraction of sp³-hybridized carbons (Fsp3) is 0.467. The molecule has 1 atom stereocenters. The number of rotatable bonds is 4. The summed E-state index contributed by atoms with van der Waals surface area (Å²) in [6, 6.07) is 0.674. The zero-order valence-electron chi connectivity index (χ0n) is 11.6. The Morgan fingerprint density at radius 3 is 2.43 bits per heavy atom. The van der Waals surface area contributed by atoms with Gasteiger partial charge < -0.3 is 10.6 Å². The van der Waals surface area contributed by atoms with Crippen LogP contribution in [0.4, 0.5) is 13.2 Å². The van der Waals surface area contributed by atoms with Crippen molar-refractivity contribution >= 4 is 5.91 Å². The number of carbonyl (C=O) groups excluding carboxylic acids is 1. The first-order chi connectivity index (χ1) is 9.97. The molecular weight excluding hydrogens is 281 g/mol. The van der Waals surface area contributed by atoms with Crippen molar-refractivity contribution in [1.82, 2.24) is 4.90 Å². The van der Waals surface area contributed by atoms with Gasteiger partial charge in [-0.1, -0.05) is 0 Å². The predicted octanol–water partition coefficient (Wildman–Crippen LogP) is 2.19. The second-order valence-electron chi connectivity index (χ2n) is 5.27. The molecule has 0 aliphatic carbocycles. The lowest BCUT2D eigenvalue weighted by atomic mass is 10.0. The molecule has 0 saturated carbocycles. The predicted molar refractivity (Wildman–Crippen MR) is 72.7 cm³/mol. The van der Waals surface area contributed by atoms with Crippen LogP contribution in [0.25, 0.3) is 0 Å². The summed E-state index contributed by atoms with van der Waals surface area (Å²) in [6.45, 7) is 1.34. The summed E-state index contributed by atoms with van der Waals surface area (Å²) in [5, 5.41) is 0. The van der Waals surface area contributed by atoms with Gasteiger partial charge in [0.15, 0.2) is 11.6 Å². The van der Waals surface area contributed by atoms with E-state index in [-0.39, 0.29) is 24.3 Å². The molecule has 6 heteroatoms. The Hall–Kier alpha value is -1.56. The Labute approximate surface area is 121 Å². The van der Waals surface area contributed by atoms with Crippen LogP contribution in [-0.2, 0) is 11.2 Å². The summed E-state index contributed by atoms with van der Waals surface area (Å²) in [5.74, 6) is -3.27. The summed E-state index contributed by atoms with van der Waals surface area (Å²) < 4.78 is 39.5. The summed E-state index contributed by atoms with van der Waals surface area (Å²) >= 11 is 0. The molecule has 1 aliphatic rings. The largest absolute Gasteiger partial charge is 0.343 e. The van der Waals surface area contributed by atoms with E-state index in [1.165, 1.54) is 0 Å². The average Bonchev–Trinajstić information content (AvgIpc) is 2.45. The SMILES string of the molecule is N[C@@H](CC(=O)N1CC[CH]CC1)Cc1cc(F)c(F)cc1F. The number of amides is 1. The molecule has 3 nitrogen and oxygen atoms in total. The van der Waals surface area contributed by atoms with Crippen molar-refractivity contribution in [2.24, 2.45) is 5.73 Å². The van der Waals surface area contributed by atoms with Gasteiger partial charge >= 0.3 is 0 Å². The highest BCUT2D eigenvalue weighted by molar-refractivity contribution is 5.77. The fourth-order valence-corrected chi connectivity index (χ4v) is 2.43. The van der Waals surface area contributed by atoms with Crippen LogP contribution in [0.5, 0.6) is 0 Å². The van der Waals surface area contributed by atoms with Crippen molar-refractivity contribution in [3.63, 3.8) is 0 Å². The first-order valence-corrected chi connectivity index (χ1v) is 6.96. The van der Waals surface area contributed by atoms with E-state index in [0.29, 0.717) is 19.2 Å². The Balaban J connectivity index is 1.93. The molecule has 2 N–H and O–H groups in total. The molecule has 1 aromatic rings. The van der Waals surface area contributed by atoms with Gasteiger partial charge in [-0.05, 0) is 37.3 Å². The smallest absolute Gasteiger partial charge is 0.224 e. The van der Waals surface area contributed by atoms with Gasteiger partial charge in [0.25, 0.3) is 0 Å².